The van der Waals surface area contributed by atoms with E-state index in [1.54, 1.807) is 25.3 Å². The second kappa shape index (κ2) is 5.26. The predicted octanol–water partition coefficient (Wildman–Crippen LogP) is 3.59. The minimum absolute atomic E-state index is 0.0226. The first-order valence-electron chi connectivity index (χ1n) is 6.22. The summed E-state index contributed by atoms with van der Waals surface area (Å²) >= 11 is 0. The maximum Gasteiger partial charge on any atom is 0.126 e. The number of nitrogens with two attached hydrogens (primary N) is 1. The van der Waals surface area contributed by atoms with Gasteiger partial charge in [0.25, 0.3) is 0 Å². The summed E-state index contributed by atoms with van der Waals surface area (Å²) in [6, 6.07) is 7.11. The smallest absolute Gasteiger partial charge is 0.126 e. The number of anilines is 2. The Morgan fingerprint density at radius 1 is 1.21 bits per heavy atom. The lowest BCUT2D eigenvalue weighted by Crippen LogP contribution is -2.09. The predicted molar refractivity (Wildman–Crippen MR) is 76.6 cm³/mol. The highest BCUT2D eigenvalue weighted by Crippen LogP contribution is 2.21. The summed E-state index contributed by atoms with van der Waals surface area (Å²) in [5.74, 6) is 0.549. The number of pyridine rings is 1. The van der Waals surface area contributed by atoms with Crippen LogP contribution < -0.4 is 11.1 Å². The van der Waals surface area contributed by atoms with Crippen LogP contribution in [0.1, 0.15) is 29.7 Å². The van der Waals surface area contributed by atoms with E-state index in [-0.39, 0.29) is 11.9 Å². The molecule has 0 aliphatic rings. The van der Waals surface area contributed by atoms with Gasteiger partial charge in [0.05, 0.1) is 17.9 Å². The third kappa shape index (κ3) is 3.02. The van der Waals surface area contributed by atoms with Gasteiger partial charge in [-0.2, -0.15) is 0 Å². The largest absolute Gasteiger partial charge is 0.397 e. The molecule has 0 aliphatic heterocycles. The molecule has 0 saturated heterocycles. The van der Waals surface area contributed by atoms with Crippen LogP contribution in [0.2, 0.25) is 0 Å². The Labute approximate surface area is 112 Å². The van der Waals surface area contributed by atoms with Crippen molar-refractivity contribution in [1.29, 1.82) is 0 Å². The molecule has 2 aromatic rings. The van der Waals surface area contributed by atoms with Gasteiger partial charge in [0.15, 0.2) is 0 Å². The molecule has 0 spiro atoms. The Hall–Kier alpha value is -2.10. The van der Waals surface area contributed by atoms with Crippen LogP contribution in [0.3, 0.4) is 0 Å². The van der Waals surface area contributed by atoms with E-state index >= 15 is 0 Å². The van der Waals surface area contributed by atoms with E-state index in [0.717, 1.165) is 16.9 Å². The molecule has 1 atom stereocenters. The highest BCUT2D eigenvalue weighted by atomic mass is 19.1. The molecule has 1 aromatic heterocycles. The lowest BCUT2D eigenvalue weighted by Gasteiger charge is -2.16. The maximum absolute atomic E-state index is 13.5. The number of nitrogen functional groups attached to an aromatic ring is 1. The zero-order valence-corrected chi connectivity index (χ0v) is 11.4. The Balaban J connectivity index is 2.17. The molecule has 2 rings (SSSR count). The van der Waals surface area contributed by atoms with E-state index in [1.807, 2.05) is 26.0 Å². The van der Waals surface area contributed by atoms with Crippen LogP contribution in [-0.4, -0.2) is 4.98 Å². The van der Waals surface area contributed by atoms with Gasteiger partial charge >= 0.3 is 0 Å². The fourth-order valence-electron chi connectivity index (χ4n) is 1.83. The summed E-state index contributed by atoms with van der Waals surface area (Å²) in [6.45, 7) is 5.65. The first kappa shape index (κ1) is 13.3. The molecule has 1 unspecified atom stereocenters. The van der Waals surface area contributed by atoms with Crippen LogP contribution in [0, 0.1) is 19.7 Å². The van der Waals surface area contributed by atoms with Crippen LogP contribution in [0.4, 0.5) is 15.9 Å². The molecule has 3 nitrogen and oxygen atoms in total. The molecular formula is C15H18FN3. The topological polar surface area (TPSA) is 50.9 Å². The lowest BCUT2D eigenvalue weighted by atomic mass is 10.1. The Morgan fingerprint density at radius 3 is 2.58 bits per heavy atom. The van der Waals surface area contributed by atoms with Crippen LogP contribution in [0.5, 0.6) is 0 Å². The van der Waals surface area contributed by atoms with Gasteiger partial charge in [0, 0.05) is 0 Å². The summed E-state index contributed by atoms with van der Waals surface area (Å²) in [6.07, 6.45) is 1.63. The molecule has 0 amide bonds. The van der Waals surface area contributed by atoms with Crippen molar-refractivity contribution in [3.05, 3.63) is 53.0 Å². The average molecular weight is 259 g/mol. The monoisotopic (exact) mass is 259 g/mol. The van der Waals surface area contributed by atoms with Gasteiger partial charge in [-0.1, -0.05) is 12.1 Å². The molecule has 0 bridgehead atoms. The standard InChI is InChI=1S/C15H18FN3/c1-9-4-5-12(7-13(9)16)11(3)19-15-6-10(2)14(17)8-18-15/h4-8,11H,17H2,1-3H3,(H,18,19). The van der Waals surface area contributed by atoms with Gasteiger partial charge in [0.1, 0.15) is 11.6 Å². The minimum atomic E-state index is -0.187. The van der Waals surface area contributed by atoms with E-state index in [2.05, 4.69) is 10.3 Å². The van der Waals surface area contributed by atoms with Crippen molar-refractivity contribution < 1.29 is 4.39 Å². The van der Waals surface area contributed by atoms with E-state index in [1.165, 1.54) is 0 Å². The van der Waals surface area contributed by atoms with Crippen molar-refractivity contribution in [3.63, 3.8) is 0 Å². The lowest BCUT2D eigenvalue weighted by molar-refractivity contribution is 0.614. The Kier molecular flexibility index (Phi) is 3.69. The fraction of sp³-hybridized carbons (Fsp3) is 0.267. The number of aromatic nitrogens is 1. The number of halogens is 1. The normalized spacial score (nSPS) is 12.2. The molecule has 0 aliphatic carbocycles. The Morgan fingerprint density at radius 2 is 1.95 bits per heavy atom. The highest BCUT2D eigenvalue weighted by molar-refractivity contribution is 5.51. The van der Waals surface area contributed by atoms with Gasteiger partial charge in [0.2, 0.25) is 0 Å². The zero-order valence-electron chi connectivity index (χ0n) is 11.4. The number of benzene rings is 1. The SMILES string of the molecule is Cc1cc(NC(C)c2ccc(C)c(F)c2)ncc1N. The molecular weight excluding hydrogens is 241 g/mol. The van der Waals surface area contributed by atoms with Gasteiger partial charge < -0.3 is 11.1 Å². The number of aryl methyl sites for hydroxylation is 2. The van der Waals surface area contributed by atoms with E-state index < -0.39 is 0 Å². The number of nitrogens with zero attached hydrogens (tertiary/aromatic N) is 1. The molecule has 0 radical (unpaired) electrons. The van der Waals surface area contributed by atoms with E-state index in [9.17, 15) is 4.39 Å². The van der Waals surface area contributed by atoms with Gasteiger partial charge in [-0.3, -0.25) is 0 Å². The number of hydrogen-bond acceptors (Lipinski definition) is 3. The number of rotatable bonds is 3. The third-order valence-corrected chi connectivity index (χ3v) is 3.21. The molecule has 4 heteroatoms. The Bertz CT molecular complexity index is 596. The first-order valence-corrected chi connectivity index (χ1v) is 6.22. The molecule has 19 heavy (non-hydrogen) atoms. The highest BCUT2D eigenvalue weighted by Gasteiger charge is 2.09. The van der Waals surface area contributed by atoms with Crippen LogP contribution in [-0.2, 0) is 0 Å². The fourth-order valence-corrected chi connectivity index (χ4v) is 1.83. The van der Waals surface area contributed by atoms with Crippen LogP contribution >= 0.6 is 0 Å². The summed E-state index contributed by atoms with van der Waals surface area (Å²) in [5, 5.41) is 3.24. The third-order valence-electron chi connectivity index (χ3n) is 3.21. The molecule has 1 heterocycles. The molecule has 3 N–H and O–H groups in total. The molecule has 0 saturated carbocycles. The maximum atomic E-state index is 13.5. The zero-order chi connectivity index (χ0) is 14.0. The first-order chi connectivity index (χ1) is 8.97. The van der Waals surface area contributed by atoms with Crippen molar-refractivity contribution in [3.8, 4) is 0 Å². The minimum Gasteiger partial charge on any atom is -0.397 e. The quantitative estimate of drug-likeness (QED) is 0.885. The molecule has 1 aromatic carbocycles. The van der Waals surface area contributed by atoms with Crippen LogP contribution in [0.15, 0.2) is 30.5 Å². The van der Waals surface area contributed by atoms with Crippen molar-refractivity contribution >= 4 is 11.5 Å². The molecule has 100 valence electrons. The molecule has 0 fully saturated rings. The van der Waals surface area contributed by atoms with Crippen LogP contribution in [0.25, 0.3) is 0 Å². The van der Waals surface area contributed by atoms with Gasteiger partial charge in [-0.15, -0.1) is 0 Å². The second-order valence-electron chi connectivity index (χ2n) is 4.80. The number of nitrogens with one attached hydrogen (secondary N) is 1. The summed E-state index contributed by atoms with van der Waals surface area (Å²) in [4.78, 5) is 4.21. The van der Waals surface area contributed by atoms with Crippen molar-refractivity contribution in [1.82, 2.24) is 4.98 Å². The van der Waals surface area contributed by atoms with E-state index in [4.69, 9.17) is 5.73 Å². The second-order valence-corrected chi connectivity index (χ2v) is 4.80. The van der Waals surface area contributed by atoms with Crippen molar-refractivity contribution in [2.45, 2.75) is 26.8 Å². The number of hydrogen-bond donors (Lipinski definition) is 2. The van der Waals surface area contributed by atoms with E-state index in [0.29, 0.717) is 11.3 Å². The van der Waals surface area contributed by atoms with Crippen molar-refractivity contribution in [2.75, 3.05) is 11.1 Å². The van der Waals surface area contributed by atoms with Gasteiger partial charge in [-0.05, 0) is 49.6 Å². The van der Waals surface area contributed by atoms with Gasteiger partial charge in [-0.25, -0.2) is 9.37 Å². The summed E-state index contributed by atoms with van der Waals surface area (Å²) in [5.41, 5.74) is 8.90. The summed E-state index contributed by atoms with van der Waals surface area (Å²) < 4.78 is 13.5. The summed E-state index contributed by atoms with van der Waals surface area (Å²) in [7, 11) is 0. The van der Waals surface area contributed by atoms with Crippen molar-refractivity contribution in [2.24, 2.45) is 0 Å². The average Bonchev–Trinajstić information content (AvgIpc) is 2.37.